The topological polar surface area (TPSA) is 21.7 Å². The Morgan fingerprint density at radius 2 is 2.05 bits per heavy atom. The molecule has 0 aromatic heterocycles. The van der Waals surface area contributed by atoms with Crippen molar-refractivity contribution in [2.75, 3.05) is 20.4 Å². The fraction of sp³-hybridized carbons (Fsp3) is 0.333. The van der Waals surface area contributed by atoms with Crippen LogP contribution in [0.2, 0.25) is 0 Å². The molecule has 0 saturated carbocycles. The van der Waals surface area contributed by atoms with Gasteiger partial charge in [-0.1, -0.05) is 24.3 Å². The molecule has 21 heavy (non-hydrogen) atoms. The maximum atomic E-state index is 5.77. The molecule has 3 heteroatoms. The van der Waals surface area contributed by atoms with E-state index in [1.54, 1.807) is 0 Å². The van der Waals surface area contributed by atoms with E-state index in [9.17, 15) is 0 Å². The molecule has 3 aliphatic rings. The van der Waals surface area contributed by atoms with E-state index in [1.165, 1.54) is 27.8 Å². The van der Waals surface area contributed by atoms with E-state index in [2.05, 4.69) is 42.3 Å². The SMILES string of the molecule is CN1CCc2cccc3c2[C@H]1Cc1ccc2c(c1-3)OCO2. The van der Waals surface area contributed by atoms with Gasteiger partial charge in [0.25, 0.3) is 0 Å². The molecule has 1 aliphatic carbocycles. The molecule has 2 heterocycles. The molecule has 0 N–H and O–H groups in total. The zero-order valence-corrected chi connectivity index (χ0v) is 12.1. The van der Waals surface area contributed by atoms with Crippen molar-refractivity contribution >= 4 is 0 Å². The maximum Gasteiger partial charge on any atom is 0.231 e. The van der Waals surface area contributed by atoms with E-state index in [4.69, 9.17) is 9.47 Å². The van der Waals surface area contributed by atoms with Crippen LogP contribution in [0.1, 0.15) is 22.7 Å². The lowest BCUT2D eigenvalue weighted by atomic mass is 9.77. The molecular formula is C18H17NO2. The fourth-order valence-corrected chi connectivity index (χ4v) is 4.06. The molecule has 2 aromatic carbocycles. The standard InChI is InChI=1S/C18H17NO2/c1-19-8-7-11-3-2-4-13-16(11)14(19)9-12-5-6-15-18(17(12)13)21-10-20-15/h2-6,14H,7-10H2,1H3/t14-/m1/s1. The Balaban J connectivity index is 1.83. The van der Waals surface area contributed by atoms with Gasteiger partial charge in [-0.15, -0.1) is 0 Å². The molecular weight excluding hydrogens is 262 g/mol. The number of ether oxygens (including phenoxy) is 2. The van der Waals surface area contributed by atoms with E-state index in [-0.39, 0.29) is 0 Å². The summed E-state index contributed by atoms with van der Waals surface area (Å²) >= 11 is 0. The Morgan fingerprint density at radius 1 is 1.10 bits per heavy atom. The van der Waals surface area contributed by atoms with Gasteiger partial charge in [0.1, 0.15) is 0 Å². The Labute approximate surface area is 124 Å². The second-order valence-electron chi connectivity index (χ2n) is 6.16. The molecule has 0 amide bonds. The van der Waals surface area contributed by atoms with E-state index < -0.39 is 0 Å². The molecule has 0 saturated heterocycles. The van der Waals surface area contributed by atoms with Crippen LogP contribution >= 0.6 is 0 Å². The summed E-state index contributed by atoms with van der Waals surface area (Å²) in [5, 5.41) is 0. The first-order valence-corrected chi connectivity index (χ1v) is 7.57. The predicted octanol–water partition coefficient (Wildman–Crippen LogP) is 3.17. The van der Waals surface area contributed by atoms with Crippen molar-refractivity contribution in [3.8, 4) is 22.6 Å². The van der Waals surface area contributed by atoms with Crippen molar-refractivity contribution < 1.29 is 9.47 Å². The fourth-order valence-electron chi connectivity index (χ4n) is 4.06. The Hall–Kier alpha value is -2.00. The van der Waals surface area contributed by atoms with Crippen molar-refractivity contribution in [1.29, 1.82) is 0 Å². The summed E-state index contributed by atoms with van der Waals surface area (Å²) in [4.78, 5) is 2.49. The van der Waals surface area contributed by atoms with E-state index >= 15 is 0 Å². The summed E-state index contributed by atoms with van der Waals surface area (Å²) in [6.07, 6.45) is 2.20. The summed E-state index contributed by atoms with van der Waals surface area (Å²) in [5.41, 5.74) is 6.98. The normalized spacial score (nSPS) is 21.9. The van der Waals surface area contributed by atoms with Gasteiger partial charge in [-0.05, 0) is 48.2 Å². The van der Waals surface area contributed by atoms with Crippen molar-refractivity contribution in [1.82, 2.24) is 4.90 Å². The Bertz CT molecular complexity index is 753. The van der Waals surface area contributed by atoms with E-state index in [0.29, 0.717) is 12.8 Å². The lowest BCUT2D eigenvalue weighted by molar-refractivity contribution is 0.174. The van der Waals surface area contributed by atoms with Crippen LogP contribution in [0.3, 0.4) is 0 Å². The molecule has 2 aliphatic heterocycles. The van der Waals surface area contributed by atoms with Gasteiger partial charge in [-0.3, -0.25) is 4.90 Å². The summed E-state index contributed by atoms with van der Waals surface area (Å²) in [5.74, 6) is 1.82. The average molecular weight is 279 g/mol. The summed E-state index contributed by atoms with van der Waals surface area (Å²) < 4.78 is 11.3. The van der Waals surface area contributed by atoms with Gasteiger partial charge < -0.3 is 9.47 Å². The molecule has 0 fully saturated rings. The molecule has 5 rings (SSSR count). The van der Waals surface area contributed by atoms with Crippen molar-refractivity contribution in [3.05, 3.63) is 47.0 Å². The van der Waals surface area contributed by atoms with Crippen LogP contribution in [0.5, 0.6) is 11.5 Å². The number of fused-ring (bicyclic) bond motifs is 4. The number of nitrogens with zero attached hydrogens (tertiary/aromatic N) is 1. The Kier molecular flexibility index (Phi) is 2.22. The lowest BCUT2D eigenvalue weighted by Crippen LogP contribution is -2.35. The first kappa shape index (κ1) is 11.6. The summed E-state index contributed by atoms with van der Waals surface area (Å²) in [7, 11) is 2.24. The zero-order chi connectivity index (χ0) is 14.0. The van der Waals surface area contributed by atoms with Gasteiger partial charge in [0.15, 0.2) is 11.5 Å². The van der Waals surface area contributed by atoms with E-state index in [0.717, 1.165) is 30.9 Å². The molecule has 0 bridgehead atoms. The summed E-state index contributed by atoms with van der Waals surface area (Å²) in [6, 6.07) is 11.5. The minimum atomic E-state index is 0.337. The average Bonchev–Trinajstić information content (AvgIpc) is 2.99. The van der Waals surface area contributed by atoms with Crippen LogP contribution in [0.15, 0.2) is 30.3 Å². The monoisotopic (exact) mass is 279 g/mol. The van der Waals surface area contributed by atoms with Crippen molar-refractivity contribution in [3.63, 3.8) is 0 Å². The van der Waals surface area contributed by atoms with Crippen LogP contribution in [-0.4, -0.2) is 25.3 Å². The molecule has 0 unspecified atom stereocenters. The lowest BCUT2D eigenvalue weighted by Gasteiger charge is -2.39. The highest BCUT2D eigenvalue weighted by molar-refractivity contribution is 5.83. The van der Waals surface area contributed by atoms with E-state index in [1.807, 2.05) is 0 Å². The quantitative estimate of drug-likeness (QED) is 0.739. The second kappa shape index (κ2) is 4.01. The highest BCUT2D eigenvalue weighted by atomic mass is 16.7. The van der Waals surface area contributed by atoms with Gasteiger partial charge in [0.05, 0.1) is 0 Å². The second-order valence-corrected chi connectivity index (χ2v) is 6.16. The highest BCUT2D eigenvalue weighted by Gasteiger charge is 2.35. The first-order chi connectivity index (χ1) is 10.3. The smallest absolute Gasteiger partial charge is 0.231 e. The highest BCUT2D eigenvalue weighted by Crippen LogP contribution is 2.51. The largest absolute Gasteiger partial charge is 0.454 e. The van der Waals surface area contributed by atoms with Gasteiger partial charge in [-0.2, -0.15) is 0 Å². The summed E-state index contributed by atoms with van der Waals surface area (Å²) in [6.45, 7) is 1.48. The molecule has 106 valence electrons. The van der Waals surface area contributed by atoms with Crippen LogP contribution in [0, 0.1) is 0 Å². The van der Waals surface area contributed by atoms with Crippen molar-refractivity contribution in [2.45, 2.75) is 18.9 Å². The molecule has 3 nitrogen and oxygen atoms in total. The third kappa shape index (κ3) is 1.47. The van der Waals surface area contributed by atoms with Crippen LogP contribution < -0.4 is 9.47 Å². The Morgan fingerprint density at radius 3 is 3.00 bits per heavy atom. The number of benzene rings is 2. The first-order valence-electron chi connectivity index (χ1n) is 7.57. The predicted molar refractivity (Wildman–Crippen MR) is 80.8 cm³/mol. The minimum absolute atomic E-state index is 0.337. The number of rotatable bonds is 0. The third-order valence-electron chi connectivity index (χ3n) is 5.10. The molecule has 1 atom stereocenters. The molecule has 2 aromatic rings. The minimum Gasteiger partial charge on any atom is -0.454 e. The number of likely N-dealkylation sites (N-methyl/N-ethyl adjacent to an activating group) is 1. The zero-order valence-electron chi connectivity index (χ0n) is 12.1. The van der Waals surface area contributed by atoms with Gasteiger partial charge in [0, 0.05) is 18.2 Å². The molecule has 0 spiro atoms. The van der Waals surface area contributed by atoms with Crippen LogP contribution in [-0.2, 0) is 12.8 Å². The van der Waals surface area contributed by atoms with Crippen LogP contribution in [0.25, 0.3) is 11.1 Å². The van der Waals surface area contributed by atoms with Gasteiger partial charge in [-0.25, -0.2) is 0 Å². The maximum absolute atomic E-state index is 5.77. The third-order valence-corrected chi connectivity index (χ3v) is 5.10. The van der Waals surface area contributed by atoms with Crippen molar-refractivity contribution in [2.24, 2.45) is 0 Å². The van der Waals surface area contributed by atoms with Gasteiger partial charge in [0.2, 0.25) is 6.79 Å². The van der Waals surface area contributed by atoms with Gasteiger partial charge >= 0.3 is 0 Å². The molecule has 0 radical (unpaired) electrons. The number of hydrogen-bond acceptors (Lipinski definition) is 3. The number of hydrogen-bond donors (Lipinski definition) is 0. The van der Waals surface area contributed by atoms with Crippen LogP contribution in [0.4, 0.5) is 0 Å².